The number of piperazine rings is 1. The quantitative estimate of drug-likeness (QED) is 0.426. The number of hydrogen-bond donors (Lipinski definition) is 1. The molecule has 2 rings (SSSR count). The second-order valence-electron chi connectivity index (χ2n) is 3.86. The van der Waals surface area contributed by atoms with Crippen LogP contribution in [0.1, 0.15) is 19.8 Å². The van der Waals surface area contributed by atoms with Gasteiger partial charge in [0.25, 0.3) is 0 Å². The van der Waals surface area contributed by atoms with Crippen molar-refractivity contribution >= 4 is 5.84 Å². The molecule has 2 aliphatic heterocycles. The molecule has 2 heterocycles. The van der Waals surface area contributed by atoms with E-state index in [0.717, 1.165) is 25.0 Å². The first-order valence-corrected chi connectivity index (χ1v) is 4.81. The summed E-state index contributed by atoms with van der Waals surface area (Å²) in [5.74, 6) is 0.738. The number of nitrogens with zero attached hydrogens (tertiary/aromatic N) is 2. The average molecular weight is 167 g/mol. The lowest BCUT2D eigenvalue weighted by Crippen LogP contribution is -2.51. The Kier molecular flexibility index (Phi) is 2.05. The SMILES string of the molecule is CC(=N)N1CCN2CCCC2C1. The van der Waals surface area contributed by atoms with Crippen molar-refractivity contribution in [1.82, 2.24) is 9.80 Å². The molecule has 0 aliphatic carbocycles. The second kappa shape index (κ2) is 3.05. The van der Waals surface area contributed by atoms with Crippen LogP contribution in [0.4, 0.5) is 0 Å². The summed E-state index contributed by atoms with van der Waals surface area (Å²) in [4.78, 5) is 4.77. The van der Waals surface area contributed by atoms with Crippen molar-refractivity contribution in [3.05, 3.63) is 0 Å². The molecule has 2 saturated heterocycles. The first-order valence-electron chi connectivity index (χ1n) is 4.81. The fraction of sp³-hybridized carbons (Fsp3) is 0.889. The molecule has 2 fully saturated rings. The summed E-state index contributed by atoms with van der Waals surface area (Å²) in [5, 5.41) is 7.55. The highest BCUT2D eigenvalue weighted by Gasteiger charge is 2.30. The van der Waals surface area contributed by atoms with Gasteiger partial charge in [0, 0.05) is 25.7 Å². The van der Waals surface area contributed by atoms with Gasteiger partial charge in [-0.25, -0.2) is 0 Å². The topological polar surface area (TPSA) is 30.3 Å². The van der Waals surface area contributed by atoms with Crippen LogP contribution in [0.25, 0.3) is 0 Å². The van der Waals surface area contributed by atoms with Gasteiger partial charge in [-0.1, -0.05) is 0 Å². The molecule has 68 valence electrons. The fourth-order valence-electron chi connectivity index (χ4n) is 2.30. The van der Waals surface area contributed by atoms with Crippen molar-refractivity contribution in [3.8, 4) is 0 Å². The summed E-state index contributed by atoms with van der Waals surface area (Å²) in [6.07, 6.45) is 2.69. The standard InChI is InChI=1S/C9H17N3/c1-8(10)12-6-5-11-4-2-3-9(11)7-12/h9-10H,2-7H2,1H3. The van der Waals surface area contributed by atoms with Gasteiger partial charge in [0.05, 0.1) is 5.84 Å². The van der Waals surface area contributed by atoms with Crippen LogP contribution in [0.2, 0.25) is 0 Å². The van der Waals surface area contributed by atoms with E-state index in [1.165, 1.54) is 25.9 Å². The summed E-state index contributed by atoms with van der Waals surface area (Å²) < 4.78 is 0. The average Bonchev–Trinajstić information content (AvgIpc) is 2.49. The molecule has 0 spiro atoms. The Hall–Kier alpha value is -0.570. The molecule has 1 N–H and O–H groups in total. The number of fused-ring (bicyclic) bond motifs is 1. The first kappa shape index (κ1) is 8.05. The monoisotopic (exact) mass is 167 g/mol. The van der Waals surface area contributed by atoms with Crippen LogP contribution in [-0.2, 0) is 0 Å². The second-order valence-corrected chi connectivity index (χ2v) is 3.86. The summed E-state index contributed by atoms with van der Waals surface area (Å²) in [6.45, 7) is 6.50. The van der Waals surface area contributed by atoms with Gasteiger partial charge in [0.2, 0.25) is 0 Å². The van der Waals surface area contributed by atoms with E-state index in [9.17, 15) is 0 Å². The largest absolute Gasteiger partial charge is 0.358 e. The maximum atomic E-state index is 7.55. The van der Waals surface area contributed by atoms with Crippen LogP contribution in [0.15, 0.2) is 0 Å². The molecule has 0 aromatic rings. The number of nitrogens with one attached hydrogen (secondary N) is 1. The summed E-state index contributed by atoms with van der Waals surface area (Å²) in [7, 11) is 0. The highest BCUT2D eigenvalue weighted by molar-refractivity contribution is 5.76. The van der Waals surface area contributed by atoms with E-state index < -0.39 is 0 Å². The minimum absolute atomic E-state index is 0.738. The lowest BCUT2D eigenvalue weighted by molar-refractivity contribution is 0.150. The van der Waals surface area contributed by atoms with Gasteiger partial charge in [-0.2, -0.15) is 0 Å². The van der Waals surface area contributed by atoms with E-state index in [4.69, 9.17) is 5.41 Å². The normalized spacial score (nSPS) is 30.4. The van der Waals surface area contributed by atoms with Gasteiger partial charge in [-0.15, -0.1) is 0 Å². The van der Waals surface area contributed by atoms with Crippen molar-refractivity contribution in [3.63, 3.8) is 0 Å². The van der Waals surface area contributed by atoms with Crippen molar-refractivity contribution in [2.45, 2.75) is 25.8 Å². The predicted octanol–water partition coefficient (Wildman–Crippen LogP) is 0.764. The van der Waals surface area contributed by atoms with Crippen LogP contribution in [0, 0.1) is 5.41 Å². The number of amidine groups is 1. The van der Waals surface area contributed by atoms with Crippen LogP contribution in [0.3, 0.4) is 0 Å². The van der Waals surface area contributed by atoms with E-state index in [-0.39, 0.29) is 0 Å². The Balaban J connectivity index is 1.96. The molecule has 0 radical (unpaired) electrons. The zero-order chi connectivity index (χ0) is 8.55. The molecule has 2 aliphatic rings. The summed E-state index contributed by atoms with van der Waals surface area (Å²) in [6, 6.07) is 0.749. The van der Waals surface area contributed by atoms with E-state index >= 15 is 0 Å². The third kappa shape index (κ3) is 1.33. The van der Waals surface area contributed by atoms with Crippen LogP contribution >= 0.6 is 0 Å². The Morgan fingerprint density at radius 3 is 2.92 bits per heavy atom. The third-order valence-corrected chi connectivity index (χ3v) is 3.06. The highest BCUT2D eigenvalue weighted by Crippen LogP contribution is 2.21. The van der Waals surface area contributed by atoms with Gasteiger partial charge in [-0.05, 0) is 26.3 Å². The molecular formula is C9H17N3. The highest BCUT2D eigenvalue weighted by atomic mass is 15.3. The smallest absolute Gasteiger partial charge is 0.0926 e. The fourth-order valence-corrected chi connectivity index (χ4v) is 2.30. The van der Waals surface area contributed by atoms with E-state index in [1.54, 1.807) is 0 Å². The zero-order valence-electron chi connectivity index (χ0n) is 7.71. The first-order chi connectivity index (χ1) is 5.77. The van der Waals surface area contributed by atoms with Gasteiger partial charge in [0.1, 0.15) is 0 Å². The summed E-state index contributed by atoms with van der Waals surface area (Å²) in [5.41, 5.74) is 0. The molecular weight excluding hydrogens is 150 g/mol. The van der Waals surface area contributed by atoms with E-state index in [2.05, 4.69) is 9.80 Å². The van der Waals surface area contributed by atoms with Crippen molar-refractivity contribution < 1.29 is 0 Å². The van der Waals surface area contributed by atoms with Crippen LogP contribution in [0.5, 0.6) is 0 Å². The molecule has 0 amide bonds. The van der Waals surface area contributed by atoms with E-state index in [1.807, 2.05) is 6.92 Å². The van der Waals surface area contributed by atoms with Crippen LogP contribution in [-0.4, -0.2) is 47.9 Å². The van der Waals surface area contributed by atoms with Crippen molar-refractivity contribution in [1.29, 1.82) is 5.41 Å². The Bertz CT molecular complexity index is 190. The predicted molar refractivity (Wildman–Crippen MR) is 49.6 cm³/mol. The number of hydrogen-bond acceptors (Lipinski definition) is 2. The molecule has 1 unspecified atom stereocenters. The zero-order valence-corrected chi connectivity index (χ0v) is 7.71. The third-order valence-electron chi connectivity index (χ3n) is 3.06. The van der Waals surface area contributed by atoms with Gasteiger partial charge in [-0.3, -0.25) is 10.3 Å². The number of rotatable bonds is 0. The van der Waals surface area contributed by atoms with Crippen LogP contribution < -0.4 is 0 Å². The molecule has 0 saturated carbocycles. The molecule has 0 aromatic carbocycles. The van der Waals surface area contributed by atoms with Gasteiger partial charge in [0.15, 0.2) is 0 Å². The maximum absolute atomic E-state index is 7.55. The minimum Gasteiger partial charge on any atom is -0.358 e. The molecule has 0 aromatic heterocycles. The Morgan fingerprint density at radius 1 is 1.33 bits per heavy atom. The Labute approximate surface area is 73.9 Å². The molecule has 12 heavy (non-hydrogen) atoms. The van der Waals surface area contributed by atoms with Crippen molar-refractivity contribution in [2.75, 3.05) is 26.2 Å². The molecule has 1 atom stereocenters. The Morgan fingerprint density at radius 2 is 2.17 bits per heavy atom. The molecule has 3 nitrogen and oxygen atoms in total. The molecule has 3 heteroatoms. The maximum Gasteiger partial charge on any atom is 0.0926 e. The lowest BCUT2D eigenvalue weighted by atomic mass is 10.1. The summed E-state index contributed by atoms with van der Waals surface area (Å²) >= 11 is 0. The van der Waals surface area contributed by atoms with Gasteiger partial charge < -0.3 is 4.90 Å². The molecule has 0 bridgehead atoms. The lowest BCUT2D eigenvalue weighted by Gasteiger charge is -2.38. The van der Waals surface area contributed by atoms with Crippen molar-refractivity contribution in [2.24, 2.45) is 0 Å². The van der Waals surface area contributed by atoms with Gasteiger partial charge >= 0.3 is 0 Å². The minimum atomic E-state index is 0.738. The van der Waals surface area contributed by atoms with E-state index in [0.29, 0.717) is 0 Å².